The number of allylic oxidation sites excluding steroid dienone is 3. The molecule has 2 aromatic heterocycles. The fraction of sp³-hybridized carbons (Fsp3) is 0.476. The lowest BCUT2D eigenvalue weighted by molar-refractivity contribution is 0.0530. The fourth-order valence-electron chi connectivity index (χ4n) is 3.85. The number of amides is 2. The third-order valence-corrected chi connectivity index (χ3v) is 5.34. The number of methoxy groups -OCH3 is 1. The van der Waals surface area contributed by atoms with E-state index >= 15 is 0 Å². The molecule has 1 saturated heterocycles. The molecule has 30 heavy (non-hydrogen) atoms. The maximum absolute atomic E-state index is 12.6. The van der Waals surface area contributed by atoms with E-state index in [0.717, 1.165) is 48.2 Å². The van der Waals surface area contributed by atoms with Crippen LogP contribution in [0.15, 0.2) is 36.1 Å². The number of pyridine rings is 1. The minimum atomic E-state index is -0.318. The van der Waals surface area contributed by atoms with Crippen molar-refractivity contribution in [2.45, 2.75) is 31.9 Å². The highest BCUT2D eigenvalue weighted by Crippen LogP contribution is 2.26. The van der Waals surface area contributed by atoms with Crippen molar-refractivity contribution in [3.05, 3.63) is 36.1 Å². The number of fused-ring (bicyclic) bond motifs is 1. The fourth-order valence-corrected chi connectivity index (χ4v) is 3.85. The molecule has 0 saturated carbocycles. The first-order chi connectivity index (χ1) is 14.6. The Bertz CT molecular complexity index is 953. The van der Waals surface area contributed by atoms with E-state index in [1.54, 1.807) is 19.4 Å². The number of anilines is 2. The van der Waals surface area contributed by atoms with Gasteiger partial charge in [0.25, 0.3) is 0 Å². The van der Waals surface area contributed by atoms with Gasteiger partial charge in [-0.05, 0) is 25.3 Å². The zero-order valence-electron chi connectivity index (χ0n) is 17.4. The summed E-state index contributed by atoms with van der Waals surface area (Å²) in [5.41, 5.74) is 1.97. The van der Waals surface area contributed by atoms with E-state index in [0.29, 0.717) is 19.0 Å². The summed E-state index contributed by atoms with van der Waals surface area (Å²) in [5.74, 6) is 1.32. The zero-order chi connectivity index (χ0) is 20.9. The van der Waals surface area contributed by atoms with E-state index in [-0.39, 0.29) is 18.2 Å². The molecule has 1 aliphatic heterocycles. The number of nitrogens with zero attached hydrogens (tertiary/aromatic N) is 3. The van der Waals surface area contributed by atoms with Gasteiger partial charge < -0.3 is 19.7 Å². The van der Waals surface area contributed by atoms with Crippen LogP contribution in [0.2, 0.25) is 0 Å². The summed E-state index contributed by atoms with van der Waals surface area (Å²) >= 11 is 0. The van der Waals surface area contributed by atoms with E-state index in [1.807, 2.05) is 12.2 Å². The molecule has 0 aromatic carbocycles. The van der Waals surface area contributed by atoms with E-state index in [2.05, 4.69) is 43.7 Å². The average Bonchev–Trinajstić information content (AvgIpc) is 3.17. The summed E-state index contributed by atoms with van der Waals surface area (Å²) in [6.07, 6.45) is 9.95. The Labute approximate surface area is 175 Å². The Morgan fingerprint density at radius 3 is 3.17 bits per heavy atom. The van der Waals surface area contributed by atoms with Crippen molar-refractivity contribution >= 4 is 28.6 Å². The molecular weight excluding hydrogens is 384 g/mol. The van der Waals surface area contributed by atoms with Gasteiger partial charge >= 0.3 is 6.03 Å². The Morgan fingerprint density at radius 2 is 2.40 bits per heavy atom. The van der Waals surface area contributed by atoms with E-state index in [1.165, 1.54) is 0 Å². The van der Waals surface area contributed by atoms with Crippen LogP contribution in [0.4, 0.5) is 16.4 Å². The van der Waals surface area contributed by atoms with Gasteiger partial charge in [0.05, 0.1) is 36.3 Å². The summed E-state index contributed by atoms with van der Waals surface area (Å²) in [5, 5.41) is 14.2. The number of nitrogens with one attached hydrogen (secondary N) is 3. The minimum absolute atomic E-state index is 0.165. The lowest BCUT2D eigenvalue weighted by Gasteiger charge is -2.31. The lowest BCUT2D eigenvalue weighted by atomic mass is 9.98. The molecule has 4 rings (SSSR count). The molecule has 3 heterocycles. The second-order valence-electron chi connectivity index (χ2n) is 7.60. The Morgan fingerprint density at radius 1 is 1.50 bits per heavy atom. The number of urea groups is 1. The maximum atomic E-state index is 12.6. The van der Waals surface area contributed by atoms with Gasteiger partial charge in [0.1, 0.15) is 5.82 Å². The molecule has 160 valence electrons. The number of carbonyl (C=O) groups is 1. The Kier molecular flexibility index (Phi) is 6.29. The summed E-state index contributed by atoms with van der Waals surface area (Å²) in [4.78, 5) is 19.2. The first-order valence-electron chi connectivity index (χ1n) is 10.3. The number of rotatable bonds is 6. The van der Waals surface area contributed by atoms with Crippen LogP contribution < -0.4 is 15.5 Å². The number of hydrogen-bond acceptors (Lipinski definition) is 6. The van der Waals surface area contributed by atoms with Crippen LogP contribution >= 0.6 is 0 Å². The van der Waals surface area contributed by atoms with Crippen LogP contribution in [0, 0.1) is 0 Å². The maximum Gasteiger partial charge on any atom is 0.320 e. The van der Waals surface area contributed by atoms with Crippen LogP contribution in [-0.2, 0) is 9.47 Å². The summed E-state index contributed by atoms with van der Waals surface area (Å²) in [6, 6.07) is 1.30. The van der Waals surface area contributed by atoms with Crippen molar-refractivity contribution < 1.29 is 14.3 Å². The van der Waals surface area contributed by atoms with Crippen molar-refractivity contribution in [3.63, 3.8) is 0 Å². The molecule has 2 atom stereocenters. The summed E-state index contributed by atoms with van der Waals surface area (Å²) in [6.45, 7) is 4.72. The third kappa shape index (κ3) is 4.63. The van der Waals surface area contributed by atoms with Gasteiger partial charge in [-0.2, -0.15) is 5.10 Å². The quantitative estimate of drug-likeness (QED) is 0.674. The number of hydrogen-bond donors (Lipinski definition) is 3. The predicted octanol–water partition coefficient (Wildman–Crippen LogP) is 2.60. The van der Waals surface area contributed by atoms with Crippen LogP contribution in [0.5, 0.6) is 0 Å². The SMILES string of the molecule is COC[C@@H](NC(=O)Nc1cc2[nH]nc(N3CCO[C@H](C)C3)c2cn1)C1=CC=CCC1. The minimum Gasteiger partial charge on any atom is -0.382 e. The van der Waals surface area contributed by atoms with Crippen molar-refractivity contribution in [2.75, 3.05) is 43.6 Å². The third-order valence-electron chi connectivity index (χ3n) is 5.34. The Hall–Kier alpha value is -2.91. The largest absolute Gasteiger partial charge is 0.382 e. The molecule has 0 radical (unpaired) electrons. The van der Waals surface area contributed by atoms with Crippen molar-refractivity contribution in [1.29, 1.82) is 0 Å². The molecule has 2 aromatic rings. The van der Waals surface area contributed by atoms with E-state index < -0.39 is 0 Å². The average molecular weight is 412 g/mol. The number of aromatic nitrogens is 3. The molecule has 0 unspecified atom stereocenters. The van der Waals surface area contributed by atoms with E-state index in [9.17, 15) is 4.79 Å². The van der Waals surface area contributed by atoms with Gasteiger partial charge in [0.15, 0.2) is 5.82 Å². The first-order valence-corrected chi connectivity index (χ1v) is 10.3. The predicted molar refractivity (Wildman–Crippen MR) is 116 cm³/mol. The van der Waals surface area contributed by atoms with Gasteiger partial charge in [-0.25, -0.2) is 9.78 Å². The lowest BCUT2D eigenvalue weighted by Crippen LogP contribution is -2.42. The molecule has 0 bridgehead atoms. The smallest absolute Gasteiger partial charge is 0.320 e. The molecule has 2 amide bonds. The molecule has 3 N–H and O–H groups in total. The molecule has 1 aliphatic carbocycles. The zero-order valence-corrected chi connectivity index (χ0v) is 17.4. The highest BCUT2D eigenvalue weighted by molar-refractivity contribution is 5.94. The van der Waals surface area contributed by atoms with Crippen LogP contribution in [-0.4, -0.2) is 66.8 Å². The number of ether oxygens (including phenoxy) is 2. The van der Waals surface area contributed by atoms with Gasteiger partial charge in [0.2, 0.25) is 0 Å². The highest BCUT2D eigenvalue weighted by atomic mass is 16.5. The number of aromatic amines is 1. The molecular formula is C21H28N6O3. The van der Waals surface area contributed by atoms with Gasteiger partial charge in [0, 0.05) is 32.5 Å². The second kappa shape index (κ2) is 9.27. The van der Waals surface area contributed by atoms with Crippen molar-refractivity contribution in [2.24, 2.45) is 0 Å². The van der Waals surface area contributed by atoms with Gasteiger partial charge in [-0.15, -0.1) is 0 Å². The standard InChI is InChI=1S/C21H28N6O3/c1-14-12-27(8-9-30-14)20-16-11-22-19(10-17(16)25-26-20)24-21(28)23-18(13-29-2)15-6-4-3-5-7-15/h3-4,6,10-11,14,18H,5,7-9,12-13H2,1-2H3,(H,25,26)(H2,22,23,24,28)/t14-,18-/m1/s1. The Balaban J connectivity index is 1.44. The van der Waals surface area contributed by atoms with Crippen LogP contribution in [0.1, 0.15) is 19.8 Å². The van der Waals surface area contributed by atoms with Crippen LogP contribution in [0.25, 0.3) is 10.9 Å². The molecule has 9 heteroatoms. The number of morpholine rings is 1. The first kappa shape index (κ1) is 20.4. The highest BCUT2D eigenvalue weighted by Gasteiger charge is 2.22. The normalized spacial score (nSPS) is 20.1. The van der Waals surface area contributed by atoms with E-state index in [4.69, 9.17) is 9.47 Å². The molecule has 1 fully saturated rings. The number of H-pyrrole nitrogens is 1. The summed E-state index contributed by atoms with van der Waals surface area (Å²) in [7, 11) is 1.63. The van der Waals surface area contributed by atoms with Crippen molar-refractivity contribution in [1.82, 2.24) is 20.5 Å². The molecule has 0 spiro atoms. The van der Waals surface area contributed by atoms with Crippen LogP contribution in [0.3, 0.4) is 0 Å². The number of carbonyl (C=O) groups excluding carboxylic acids is 1. The van der Waals surface area contributed by atoms with Crippen molar-refractivity contribution in [3.8, 4) is 0 Å². The van der Waals surface area contributed by atoms with Gasteiger partial charge in [-0.3, -0.25) is 10.4 Å². The second-order valence-corrected chi connectivity index (χ2v) is 7.60. The monoisotopic (exact) mass is 412 g/mol. The summed E-state index contributed by atoms with van der Waals surface area (Å²) < 4.78 is 10.9. The topological polar surface area (TPSA) is 104 Å². The molecule has 2 aliphatic rings. The molecule has 9 nitrogen and oxygen atoms in total. The van der Waals surface area contributed by atoms with Gasteiger partial charge in [-0.1, -0.05) is 18.2 Å².